The predicted octanol–water partition coefficient (Wildman–Crippen LogP) is 3.59. The molecule has 1 unspecified atom stereocenters. The van der Waals surface area contributed by atoms with Gasteiger partial charge in [-0.15, -0.1) is 0 Å². The van der Waals surface area contributed by atoms with Gasteiger partial charge in [-0.2, -0.15) is 0 Å². The lowest BCUT2D eigenvalue weighted by Gasteiger charge is -2.32. The van der Waals surface area contributed by atoms with Gasteiger partial charge < -0.3 is 14.8 Å². The third-order valence-electron chi connectivity index (χ3n) is 6.01. The molecule has 0 aliphatic carbocycles. The van der Waals surface area contributed by atoms with E-state index in [1.54, 1.807) is 24.2 Å². The van der Waals surface area contributed by atoms with Gasteiger partial charge in [0.05, 0.1) is 0 Å². The lowest BCUT2D eigenvalue weighted by atomic mass is 9.89. The van der Waals surface area contributed by atoms with Crippen LogP contribution in [0.4, 0.5) is 0 Å². The highest BCUT2D eigenvalue weighted by Crippen LogP contribution is 2.28. The van der Waals surface area contributed by atoms with Crippen molar-refractivity contribution in [2.75, 3.05) is 19.6 Å². The highest BCUT2D eigenvalue weighted by atomic mass is 16.2. The van der Waals surface area contributed by atoms with E-state index < -0.39 is 11.3 Å². The summed E-state index contributed by atoms with van der Waals surface area (Å²) in [4.78, 5) is 40.4. The van der Waals surface area contributed by atoms with Crippen LogP contribution in [0.15, 0.2) is 47.5 Å². The van der Waals surface area contributed by atoms with E-state index in [1.165, 1.54) is 5.56 Å². The molecule has 0 radical (unpaired) electrons. The topological polar surface area (TPSA) is 71.4 Å². The summed E-state index contributed by atoms with van der Waals surface area (Å²) < 4.78 is 1.82. The molecule has 0 saturated carbocycles. The molecule has 1 N–H and O–H groups in total. The van der Waals surface area contributed by atoms with Crippen LogP contribution >= 0.6 is 0 Å². The molecule has 160 valence electrons. The van der Waals surface area contributed by atoms with Crippen LogP contribution < -0.4 is 10.7 Å². The number of aromatic nitrogens is 1. The van der Waals surface area contributed by atoms with Gasteiger partial charge in [-0.25, -0.2) is 0 Å². The number of benzene rings is 1. The second-order valence-corrected chi connectivity index (χ2v) is 7.96. The molecule has 1 aromatic heterocycles. The summed E-state index contributed by atoms with van der Waals surface area (Å²) in [7, 11) is 0. The Kier molecular flexibility index (Phi) is 7.08. The SMILES string of the molecule is CCNC(=O)c1cn(C(C)CC)cc(C(=O)N2CCC(c3ccccc3)CC2)c1=O. The van der Waals surface area contributed by atoms with Crippen molar-refractivity contribution in [2.45, 2.75) is 52.0 Å². The number of carbonyl (C=O) groups is 2. The number of likely N-dealkylation sites (tertiary alicyclic amines) is 1. The van der Waals surface area contributed by atoms with Crippen LogP contribution in [0.25, 0.3) is 0 Å². The Bertz CT molecular complexity index is 944. The summed E-state index contributed by atoms with van der Waals surface area (Å²) in [5, 5.41) is 2.68. The maximum absolute atomic E-state index is 13.2. The molecule has 30 heavy (non-hydrogen) atoms. The fourth-order valence-corrected chi connectivity index (χ4v) is 3.94. The molecule has 1 aliphatic heterocycles. The van der Waals surface area contributed by atoms with E-state index in [2.05, 4.69) is 17.4 Å². The van der Waals surface area contributed by atoms with Crippen LogP contribution in [0.5, 0.6) is 0 Å². The molecule has 2 aromatic rings. The number of hydrogen-bond acceptors (Lipinski definition) is 3. The Labute approximate surface area is 177 Å². The average Bonchev–Trinajstić information content (AvgIpc) is 2.79. The summed E-state index contributed by atoms with van der Waals surface area (Å²) in [5.74, 6) is -0.291. The number of carbonyl (C=O) groups excluding carboxylic acids is 2. The first-order valence-corrected chi connectivity index (χ1v) is 10.8. The molecular weight excluding hydrogens is 378 g/mol. The number of nitrogens with one attached hydrogen (secondary N) is 1. The minimum atomic E-state index is -0.490. The van der Waals surface area contributed by atoms with Gasteiger partial charge in [0.25, 0.3) is 11.8 Å². The maximum Gasteiger partial charge on any atom is 0.259 e. The molecule has 0 spiro atoms. The summed E-state index contributed by atoms with van der Waals surface area (Å²) >= 11 is 0. The smallest absolute Gasteiger partial charge is 0.259 e. The Hall–Kier alpha value is -2.89. The van der Waals surface area contributed by atoms with Crippen molar-refractivity contribution in [3.05, 3.63) is 69.6 Å². The van der Waals surface area contributed by atoms with Crippen LogP contribution in [0, 0.1) is 0 Å². The standard InChI is InChI=1S/C24H31N3O3/c1-4-17(3)27-15-20(23(29)25-5-2)22(28)21(16-27)24(30)26-13-11-19(12-14-26)18-9-7-6-8-10-18/h6-10,15-17,19H,4-5,11-14H2,1-3H3,(H,25,29). The lowest BCUT2D eigenvalue weighted by Crippen LogP contribution is -2.41. The zero-order chi connectivity index (χ0) is 21.7. The Balaban J connectivity index is 1.85. The fraction of sp³-hybridized carbons (Fsp3) is 0.458. The summed E-state index contributed by atoms with van der Waals surface area (Å²) in [5.41, 5.74) is 0.914. The third-order valence-corrected chi connectivity index (χ3v) is 6.01. The number of hydrogen-bond donors (Lipinski definition) is 1. The van der Waals surface area contributed by atoms with Crippen molar-refractivity contribution >= 4 is 11.8 Å². The number of pyridine rings is 1. The molecular formula is C24H31N3O3. The van der Waals surface area contributed by atoms with Gasteiger partial charge in [0.2, 0.25) is 5.43 Å². The molecule has 6 nitrogen and oxygen atoms in total. The average molecular weight is 410 g/mol. The van der Waals surface area contributed by atoms with Crippen molar-refractivity contribution < 1.29 is 9.59 Å². The molecule has 1 aromatic carbocycles. The normalized spacial score (nSPS) is 15.6. The highest BCUT2D eigenvalue weighted by Gasteiger charge is 2.28. The van der Waals surface area contributed by atoms with Crippen molar-refractivity contribution in [1.29, 1.82) is 0 Å². The van der Waals surface area contributed by atoms with Crippen molar-refractivity contribution in [2.24, 2.45) is 0 Å². The van der Waals surface area contributed by atoms with Crippen molar-refractivity contribution in [3.63, 3.8) is 0 Å². The van der Waals surface area contributed by atoms with E-state index >= 15 is 0 Å². The molecule has 0 bridgehead atoms. The molecule has 6 heteroatoms. The van der Waals surface area contributed by atoms with E-state index in [4.69, 9.17) is 0 Å². The second-order valence-electron chi connectivity index (χ2n) is 7.96. The van der Waals surface area contributed by atoms with Gasteiger partial charge in [0.1, 0.15) is 11.1 Å². The monoisotopic (exact) mass is 409 g/mol. The van der Waals surface area contributed by atoms with Crippen molar-refractivity contribution in [3.8, 4) is 0 Å². The molecule has 2 amide bonds. The quantitative estimate of drug-likeness (QED) is 0.793. The Morgan fingerprint density at radius 3 is 2.30 bits per heavy atom. The Morgan fingerprint density at radius 1 is 1.07 bits per heavy atom. The molecule has 1 aliphatic rings. The first kappa shape index (κ1) is 21.8. The molecule has 2 heterocycles. The van der Waals surface area contributed by atoms with Gasteiger partial charge >= 0.3 is 0 Å². The highest BCUT2D eigenvalue weighted by molar-refractivity contribution is 5.99. The zero-order valence-electron chi connectivity index (χ0n) is 18.1. The number of rotatable bonds is 6. The van der Waals surface area contributed by atoms with Gasteiger partial charge in [0, 0.05) is 38.1 Å². The molecule has 1 fully saturated rings. The lowest BCUT2D eigenvalue weighted by molar-refractivity contribution is 0.0710. The van der Waals surface area contributed by atoms with Crippen LogP contribution in [-0.2, 0) is 0 Å². The number of amides is 2. The summed E-state index contributed by atoms with van der Waals surface area (Å²) in [6, 6.07) is 10.4. The van der Waals surface area contributed by atoms with E-state index in [0.717, 1.165) is 19.3 Å². The first-order valence-electron chi connectivity index (χ1n) is 10.8. The van der Waals surface area contributed by atoms with Crippen LogP contribution in [0.1, 0.15) is 78.3 Å². The minimum Gasteiger partial charge on any atom is -0.352 e. The van der Waals surface area contributed by atoms with Gasteiger partial charge in [0.15, 0.2) is 0 Å². The van der Waals surface area contributed by atoms with E-state index in [-0.39, 0.29) is 23.1 Å². The van der Waals surface area contributed by atoms with E-state index in [9.17, 15) is 14.4 Å². The van der Waals surface area contributed by atoms with Crippen LogP contribution in [0.3, 0.4) is 0 Å². The molecule has 3 rings (SSSR count). The second kappa shape index (κ2) is 9.74. The Morgan fingerprint density at radius 2 is 1.70 bits per heavy atom. The van der Waals surface area contributed by atoms with Gasteiger partial charge in [-0.1, -0.05) is 37.3 Å². The maximum atomic E-state index is 13.2. The van der Waals surface area contributed by atoms with Crippen LogP contribution in [-0.4, -0.2) is 40.9 Å². The van der Waals surface area contributed by atoms with E-state index in [1.807, 2.05) is 36.6 Å². The van der Waals surface area contributed by atoms with Crippen molar-refractivity contribution in [1.82, 2.24) is 14.8 Å². The number of nitrogens with zero attached hydrogens (tertiary/aromatic N) is 2. The third kappa shape index (κ3) is 4.64. The van der Waals surface area contributed by atoms with Gasteiger partial charge in [-0.3, -0.25) is 14.4 Å². The zero-order valence-corrected chi connectivity index (χ0v) is 18.1. The van der Waals surface area contributed by atoms with Crippen LogP contribution in [0.2, 0.25) is 0 Å². The molecule has 1 atom stereocenters. The van der Waals surface area contributed by atoms with E-state index in [0.29, 0.717) is 25.6 Å². The summed E-state index contributed by atoms with van der Waals surface area (Å²) in [6.45, 7) is 7.47. The largest absolute Gasteiger partial charge is 0.352 e. The van der Waals surface area contributed by atoms with Gasteiger partial charge in [-0.05, 0) is 44.6 Å². The summed E-state index contributed by atoms with van der Waals surface area (Å²) in [6.07, 6.45) is 5.75. The fourth-order valence-electron chi connectivity index (χ4n) is 3.94. The molecule has 1 saturated heterocycles. The first-order chi connectivity index (χ1) is 14.5. The predicted molar refractivity (Wildman–Crippen MR) is 118 cm³/mol. The minimum absolute atomic E-state index is 0.0298. The number of piperidine rings is 1.